The molecule has 1 amide bonds. The van der Waals surface area contributed by atoms with E-state index in [1.165, 1.54) is 148 Å². The second kappa shape index (κ2) is 50.7. The number of carbonyl (C=O) groups is 1. The maximum Gasteiger partial charge on any atom is 0.220 e. The first-order valence-electron chi connectivity index (χ1n) is 31.8. The minimum absolute atomic E-state index is 0.191. The number of rotatable bonds is 50. The summed E-state index contributed by atoms with van der Waals surface area (Å²) in [6.45, 7) is 2.63. The second-order valence-electron chi connectivity index (χ2n) is 22.1. The molecule has 80 heavy (non-hydrogen) atoms. The molecule has 2 saturated heterocycles. The van der Waals surface area contributed by atoms with Gasteiger partial charge in [0.15, 0.2) is 12.6 Å². The number of hydrogen-bond acceptors (Lipinski definition) is 13. The van der Waals surface area contributed by atoms with Crippen LogP contribution in [0.4, 0.5) is 0 Å². The highest BCUT2D eigenvalue weighted by molar-refractivity contribution is 5.76. The molecule has 12 atom stereocenters. The van der Waals surface area contributed by atoms with Crippen molar-refractivity contribution in [1.82, 2.24) is 5.32 Å². The standard InChI is InChI=1S/C66H115NO13/c1-3-5-7-9-11-13-15-17-19-21-22-23-24-25-26-27-28-29-30-31-32-34-35-37-39-41-43-45-47-49-55(70)54(67-58(71)50-48-46-44-42-40-38-36-33-20-18-16-14-12-10-8-6-4-2)53-77-65-63(76)61(74)64(57(52-69)79-65)80-66-62(75)60(73)59(72)56(51-68)78-66/h6,8,12,14,18,20,36,38-39,41-42,44,47,49,54-57,59-66,68-70,72-76H,3-5,7,9-11,13,15-17,19,21-35,37,40,43,45-46,48,50-53H2,1-2H3,(H,67,71)/b8-6-,14-12-,20-18-,38-36-,41-39+,44-42-,49-47+. The third-order valence-electron chi connectivity index (χ3n) is 15.1. The molecule has 2 heterocycles. The molecule has 14 heteroatoms. The van der Waals surface area contributed by atoms with E-state index in [9.17, 15) is 45.6 Å². The van der Waals surface area contributed by atoms with Crippen molar-refractivity contribution in [3.05, 3.63) is 85.1 Å². The van der Waals surface area contributed by atoms with Crippen LogP contribution < -0.4 is 5.32 Å². The van der Waals surface area contributed by atoms with E-state index in [2.05, 4.69) is 86.0 Å². The van der Waals surface area contributed by atoms with Crippen LogP contribution in [0.1, 0.15) is 232 Å². The number of allylic oxidation sites excluding steroid dienone is 13. The van der Waals surface area contributed by atoms with Gasteiger partial charge in [-0.25, -0.2) is 0 Å². The van der Waals surface area contributed by atoms with Crippen LogP contribution in [0.3, 0.4) is 0 Å². The molecular formula is C66H115NO13. The highest BCUT2D eigenvalue weighted by atomic mass is 16.7. The number of hydrogen-bond donors (Lipinski definition) is 9. The molecule has 14 nitrogen and oxygen atoms in total. The van der Waals surface area contributed by atoms with Crippen molar-refractivity contribution in [2.24, 2.45) is 0 Å². The lowest BCUT2D eigenvalue weighted by Crippen LogP contribution is -2.65. The molecule has 0 aromatic carbocycles. The Balaban J connectivity index is 1.74. The molecule has 9 N–H and O–H groups in total. The van der Waals surface area contributed by atoms with E-state index in [1.54, 1.807) is 6.08 Å². The first-order chi connectivity index (χ1) is 39.1. The third kappa shape index (κ3) is 35.3. The van der Waals surface area contributed by atoms with Gasteiger partial charge in [0.25, 0.3) is 0 Å². The van der Waals surface area contributed by atoms with Crippen LogP contribution in [0.2, 0.25) is 0 Å². The summed E-state index contributed by atoms with van der Waals surface area (Å²) in [7, 11) is 0. The zero-order valence-corrected chi connectivity index (χ0v) is 49.8. The lowest BCUT2D eigenvalue weighted by molar-refractivity contribution is -0.359. The van der Waals surface area contributed by atoms with Crippen LogP contribution in [0.5, 0.6) is 0 Å². The molecule has 2 aliphatic heterocycles. The summed E-state index contributed by atoms with van der Waals surface area (Å²) in [5.74, 6) is -0.307. The van der Waals surface area contributed by atoms with Crippen LogP contribution in [0.15, 0.2) is 85.1 Å². The summed E-state index contributed by atoms with van der Waals surface area (Å²) in [5, 5.41) is 87.1. The molecule has 462 valence electrons. The largest absolute Gasteiger partial charge is 0.394 e. The number of ether oxygens (including phenoxy) is 4. The van der Waals surface area contributed by atoms with Gasteiger partial charge in [-0.3, -0.25) is 4.79 Å². The van der Waals surface area contributed by atoms with E-state index in [-0.39, 0.29) is 18.9 Å². The fourth-order valence-corrected chi connectivity index (χ4v) is 9.99. The van der Waals surface area contributed by atoms with Crippen LogP contribution in [-0.4, -0.2) is 140 Å². The van der Waals surface area contributed by atoms with Crippen LogP contribution in [-0.2, 0) is 23.7 Å². The Morgan fingerprint density at radius 3 is 1.38 bits per heavy atom. The second-order valence-corrected chi connectivity index (χ2v) is 22.1. The predicted molar refractivity (Wildman–Crippen MR) is 323 cm³/mol. The minimum Gasteiger partial charge on any atom is -0.394 e. The van der Waals surface area contributed by atoms with Crippen molar-refractivity contribution < 1.29 is 64.6 Å². The lowest BCUT2D eigenvalue weighted by Gasteiger charge is -2.46. The molecule has 0 bridgehead atoms. The number of unbranched alkanes of at least 4 members (excludes halogenated alkanes) is 25. The van der Waals surface area contributed by atoms with E-state index in [0.717, 1.165) is 44.9 Å². The Labute approximate surface area is 484 Å². The summed E-state index contributed by atoms with van der Waals surface area (Å²) < 4.78 is 22.7. The first kappa shape index (κ1) is 73.3. The van der Waals surface area contributed by atoms with Crippen LogP contribution in [0.25, 0.3) is 0 Å². The monoisotopic (exact) mass is 1130 g/mol. The lowest BCUT2D eigenvalue weighted by atomic mass is 9.97. The fourth-order valence-electron chi connectivity index (χ4n) is 9.99. The van der Waals surface area contributed by atoms with Crippen molar-refractivity contribution in [3.63, 3.8) is 0 Å². The molecular weight excluding hydrogens is 1010 g/mol. The summed E-state index contributed by atoms with van der Waals surface area (Å²) in [6, 6.07) is -0.967. The van der Waals surface area contributed by atoms with Crippen molar-refractivity contribution in [2.75, 3.05) is 19.8 Å². The van der Waals surface area contributed by atoms with Gasteiger partial charge >= 0.3 is 0 Å². The average molecular weight is 1130 g/mol. The molecule has 0 spiro atoms. The molecule has 0 aliphatic carbocycles. The number of carbonyl (C=O) groups excluding carboxylic acids is 1. The minimum atomic E-state index is -1.80. The van der Waals surface area contributed by atoms with E-state index in [4.69, 9.17) is 18.9 Å². The molecule has 0 aromatic heterocycles. The quantitative estimate of drug-likeness (QED) is 0.0204. The number of aliphatic hydroxyl groups excluding tert-OH is 8. The molecule has 0 aromatic rings. The van der Waals surface area contributed by atoms with Gasteiger partial charge in [-0.1, -0.05) is 240 Å². The van der Waals surface area contributed by atoms with Gasteiger partial charge in [0.05, 0.1) is 32.0 Å². The summed E-state index contributed by atoms with van der Waals surface area (Å²) in [6.07, 6.45) is 52.2. The zero-order chi connectivity index (χ0) is 58.1. The SMILES string of the molecule is CC/C=C\C/C=C\C/C=C\C/C=C\C/C=C\CCCC(=O)NC(COC1OC(CO)C(OC2OC(CO)C(O)C(O)C2O)C(O)C1O)C(O)/C=C/CC/C=C/CCCCCCCCCCCCCCCCCCCCCCCCC. The van der Waals surface area contributed by atoms with E-state index in [1.807, 2.05) is 12.2 Å². The van der Waals surface area contributed by atoms with Gasteiger partial charge in [0.1, 0.15) is 48.8 Å². The normalized spacial score (nSPS) is 24.8. The Morgan fingerprint density at radius 2 is 0.875 bits per heavy atom. The Kier molecular flexibility index (Phi) is 46.4. The van der Waals surface area contributed by atoms with E-state index in [0.29, 0.717) is 19.3 Å². The molecule has 2 rings (SSSR count). The van der Waals surface area contributed by atoms with Crippen molar-refractivity contribution in [1.29, 1.82) is 0 Å². The number of nitrogens with one attached hydrogen (secondary N) is 1. The third-order valence-corrected chi connectivity index (χ3v) is 15.1. The summed E-state index contributed by atoms with van der Waals surface area (Å²) in [5.41, 5.74) is 0. The highest BCUT2D eigenvalue weighted by Gasteiger charge is 2.51. The van der Waals surface area contributed by atoms with Gasteiger partial charge < -0.3 is 65.1 Å². The number of aliphatic hydroxyl groups is 8. The Bertz CT molecular complexity index is 1660. The Hall–Kier alpha value is -2.83. The van der Waals surface area contributed by atoms with Crippen molar-refractivity contribution in [2.45, 2.75) is 306 Å². The fraction of sp³-hybridized carbons (Fsp3) is 0.773. The van der Waals surface area contributed by atoms with Crippen molar-refractivity contribution in [3.8, 4) is 0 Å². The molecule has 2 fully saturated rings. The topological polar surface area (TPSA) is 228 Å². The summed E-state index contributed by atoms with van der Waals surface area (Å²) in [4.78, 5) is 13.2. The molecule has 0 radical (unpaired) electrons. The molecule has 2 aliphatic rings. The van der Waals surface area contributed by atoms with Gasteiger partial charge in [0, 0.05) is 6.42 Å². The predicted octanol–water partition coefficient (Wildman–Crippen LogP) is 11.7. The number of amides is 1. The van der Waals surface area contributed by atoms with Gasteiger partial charge in [0.2, 0.25) is 5.91 Å². The van der Waals surface area contributed by atoms with E-state index >= 15 is 0 Å². The van der Waals surface area contributed by atoms with Gasteiger partial charge in [-0.2, -0.15) is 0 Å². The maximum absolute atomic E-state index is 13.2. The first-order valence-corrected chi connectivity index (χ1v) is 31.8. The molecule has 12 unspecified atom stereocenters. The smallest absolute Gasteiger partial charge is 0.220 e. The average Bonchev–Trinajstić information content (AvgIpc) is 3.49. The maximum atomic E-state index is 13.2. The Morgan fingerprint density at radius 1 is 0.463 bits per heavy atom. The van der Waals surface area contributed by atoms with Gasteiger partial charge in [-0.05, 0) is 70.6 Å². The van der Waals surface area contributed by atoms with Crippen molar-refractivity contribution >= 4 is 5.91 Å². The zero-order valence-electron chi connectivity index (χ0n) is 49.8. The summed E-state index contributed by atoms with van der Waals surface area (Å²) >= 11 is 0. The molecule has 0 saturated carbocycles. The van der Waals surface area contributed by atoms with Crippen LogP contribution in [0, 0.1) is 0 Å². The van der Waals surface area contributed by atoms with E-state index < -0.39 is 86.8 Å². The van der Waals surface area contributed by atoms with Gasteiger partial charge in [-0.15, -0.1) is 0 Å². The highest BCUT2D eigenvalue weighted by Crippen LogP contribution is 2.30. The van der Waals surface area contributed by atoms with Crippen LogP contribution >= 0.6 is 0 Å².